The zero-order valence-corrected chi connectivity index (χ0v) is 24.8. The number of hydrogen-bond donors (Lipinski definition) is 2. The van der Waals surface area contributed by atoms with Gasteiger partial charge < -0.3 is 15.2 Å². The number of carbonyl (C=O) groups is 1. The summed E-state index contributed by atoms with van der Waals surface area (Å²) in [6, 6.07) is 13.8. The van der Waals surface area contributed by atoms with Crippen LogP contribution in [0.2, 0.25) is 0 Å². The average Bonchev–Trinajstić information content (AvgIpc) is 3.89. The highest BCUT2D eigenvalue weighted by molar-refractivity contribution is 6.10. The molecule has 2 aromatic carbocycles. The maximum absolute atomic E-state index is 14.3. The summed E-state index contributed by atoms with van der Waals surface area (Å²) in [5.74, 6) is 1.76. The molecule has 2 aromatic heterocycles. The van der Waals surface area contributed by atoms with Crippen molar-refractivity contribution in [1.82, 2.24) is 25.1 Å². The normalized spacial score (nSPS) is 19.0. The number of hydrogen-bond acceptors (Lipinski definition) is 7. The van der Waals surface area contributed by atoms with E-state index in [9.17, 15) is 23.2 Å². The van der Waals surface area contributed by atoms with Crippen molar-refractivity contribution in [3.05, 3.63) is 76.6 Å². The molecule has 0 saturated heterocycles. The predicted molar refractivity (Wildman–Crippen MR) is 162 cm³/mol. The minimum Gasteiger partial charge on any atom is -0.367 e. The maximum atomic E-state index is 14.3. The fourth-order valence-electron chi connectivity index (χ4n) is 5.92. The van der Waals surface area contributed by atoms with Crippen LogP contribution in [-0.4, -0.2) is 38.2 Å². The summed E-state index contributed by atoms with van der Waals surface area (Å²) >= 11 is 0. The molecule has 12 heteroatoms. The Morgan fingerprint density at radius 2 is 1.89 bits per heavy atom. The number of alkyl halides is 3. The molecule has 0 unspecified atom stereocenters. The first kappa shape index (κ1) is 29.0. The summed E-state index contributed by atoms with van der Waals surface area (Å²) < 4.78 is 44.8. The first-order valence-electron chi connectivity index (χ1n) is 15.0. The molecule has 3 aliphatic rings. The second-order valence-electron chi connectivity index (χ2n) is 12.3. The Balaban J connectivity index is 1.31. The Morgan fingerprint density at radius 1 is 1.09 bits per heavy atom. The van der Waals surface area contributed by atoms with E-state index in [2.05, 4.69) is 33.8 Å². The van der Waals surface area contributed by atoms with Gasteiger partial charge in [-0.15, -0.1) is 10.2 Å². The molecule has 45 heavy (non-hydrogen) atoms. The second-order valence-corrected chi connectivity index (χ2v) is 12.3. The molecule has 3 heterocycles. The fourth-order valence-corrected chi connectivity index (χ4v) is 5.92. The molecule has 2 saturated carbocycles. The second kappa shape index (κ2) is 11.0. The molecule has 2 aliphatic carbocycles. The maximum Gasteiger partial charge on any atom is 0.416 e. The average molecular weight is 613 g/mol. The molecule has 1 aliphatic heterocycles. The van der Waals surface area contributed by atoms with Gasteiger partial charge in [-0.05, 0) is 102 Å². The first-order chi connectivity index (χ1) is 21.6. The van der Waals surface area contributed by atoms with Crippen LogP contribution in [0.4, 0.5) is 24.8 Å². The fraction of sp³-hybridized carbons (Fsp3) is 0.364. The third-order valence-corrected chi connectivity index (χ3v) is 8.81. The van der Waals surface area contributed by atoms with Crippen LogP contribution in [0.3, 0.4) is 0 Å². The highest BCUT2D eigenvalue weighted by atomic mass is 19.4. The summed E-state index contributed by atoms with van der Waals surface area (Å²) in [7, 11) is 1.81. The Kier molecular flexibility index (Phi) is 7.08. The summed E-state index contributed by atoms with van der Waals surface area (Å²) in [4.78, 5) is 19.9. The predicted octanol–water partition coefficient (Wildman–Crippen LogP) is 5.91. The highest BCUT2D eigenvalue weighted by Crippen LogP contribution is 2.42. The van der Waals surface area contributed by atoms with Gasteiger partial charge in [-0.25, -0.2) is 4.98 Å². The van der Waals surface area contributed by atoms with Crippen molar-refractivity contribution in [2.75, 3.05) is 16.8 Å². The highest BCUT2D eigenvalue weighted by Gasteiger charge is 2.41. The lowest BCUT2D eigenvalue weighted by atomic mass is 9.97. The molecule has 230 valence electrons. The zero-order chi connectivity index (χ0) is 31.5. The minimum absolute atomic E-state index is 0.0387. The number of halogens is 3. The summed E-state index contributed by atoms with van der Waals surface area (Å²) in [5.41, 5.74) is 2.02. The van der Waals surface area contributed by atoms with Crippen molar-refractivity contribution in [2.45, 2.75) is 51.5 Å². The van der Waals surface area contributed by atoms with Crippen molar-refractivity contribution < 1.29 is 18.0 Å². The van der Waals surface area contributed by atoms with Crippen LogP contribution in [0.5, 0.6) is 0 Å². The van der Waals surface area contributed by atoms with E-state index in [0.717, 1.165) is 31.9 Å². The number of nitrogens with one attached hydrogen (secondary N) is 2. The van der Waals surface area contributed by atoms with Gasteiger partial charge in [0.1, 0.15) is 18.0 Å². The van der Waals surface area contributed by atoms with Gasteiger partial charge in [0, 0.05) is 30.8 Å². The Bertz CT molecular complexity index is 1860. The minimum atomic E-state index is -4.63. The molecular weight excluding hydrogens is 581 g/mol. The monoisotopic (exact) mass is 612 g/mol. The summed E-state index contributed by atoms with van der Waals surface area (Å²) in [6.45, 7) is 2.85. The molecule has 0 spiro atoms. The van der Waals surface area contributed by atoms with Crippen LogP contribution in [0.25, 0.3) is 22.5 Å². The van der Waals surface area contributed by atoms with Gasteiger partial charge >= 0.3 is 6.18 Å². The molecule has 0 radical (unpaired) electrons. The van der Waals surface area contributed by atoms with E-state index in [1.54, 1.807) is 41.2 Å². The molecule has 2 N–H and O–H groups in total. The van der Waals surface area contributed by atoms with Crippen molar-refractivity contribution in [3.63, 3.8) is 0 Å². The van der Waals surface area contributed by atoms with Gasteiger partial charge in [0.05, 0.1) is 23.7 Å². The van der Waals surface area contributed by atoms with Crippen LogP contribution >= 0.6 is 0 Å². The molecule has 2 atom stereocenters. The number of nitrogens with zero attached hydrogens (tertiary/aromatic N) is 6. The van der Waals surface area contributed by atoms with Gasteiger partial charge in [-0.3, -0.25) is 9.69 Å². The number of nitriles is 1. The lowest BCUT2D eigenvalue weighted by Crippen LogP contribution is -2.24. The zero-order valence-electron chi connectivity index (χ0n) is 24.8. The first-order valence-corrected chi connectivity index (χ1v) is 15.0. The number of benzene rings is 2. The van der Waals surface area contributed by atoms with Crippen molar-refractivity contribution in [1.29, 1.82) is 5.26 Å². The summed E-state index contributed by atoms with van der Waals surface area (Å²) in [6.07, 6.45) is 0.157. The van der Waals surface area contributed by atoms with Gasteiger partial charge in [0.15, 0.2) is 5.82 Å². The van der Waals surface area contributed by atoms with Crippen LogP contribution in [0.15, 0.2) is 48.8 Å². The molecule has 1 amide bonds. The number of fused-ring (bicyclic) bond motifs is 1. The summed E-state index contributed by atoms with van der Waals surface area (Å²) in [5, 5.41) is 24.6. The van der Waals surface area contributed by atoms with Crippen LogP contribution < -0.4 is 15.5 Å². The van der Waals surface area contributed by atoms with Gasteiger partial charge in [0.2, 0.25) is 0 Å². The lowest BCUT2D eigenvalue weighted by molar-refractivity contribution is -0.138. The standard InChI is InChI=1S/C33H31F3N8O/c1-18-7-28(18)40-29-11-22(24-8-20(13-37)5-6-23(24)31-42-39-17-43(31)2)12-30(41-29)44-16-26-25(32(44)45)9-21(10-27(26)33(34,35)36)15-38-14-19-3-4-19/h5-6,8-12,17-19,28,38H,3-4,7,14-16H2,1-2H3,(H,40,41)/t18-,28-/m0/s1. The Labute approximate surface area is 258 Å². The van der Waals surface area contributed by atoms with Crippen molar-refractivity contribution >= 4 is 17.5 Å². The number of aryl methyl sites for hydroxylation is 1. The topological polar surface area (TPSA) is 112 Å². The van der Waals surface area contributed by atoms with E-state index in [1.807, 2.05) is 13.1 Å². The van der Waals surface area contributed by atoms with E-state index in [-0.39, 0.29) is 36.1 Å². The van der Waals surface area contributed by atoms with E-state index >= 15 is 0 Å². The smallest absolute Gasteiger partial charge is 0.367 e. The van der Waals surface area contributed by atoms with Crippen LogP contribution in [0, 0.1) is 23.2 Å². The lowest BCUT2D eigenvalue weighted by Gasteiger charge is -2.19. The van der Waals surface area contributed by atoms with Crippen molar-refractivity contribution in [2.24, 2.45) is 18.9 Å². The Morgan fingerprint density at radius 3 is 2.56 bits per heavy atom. The van der Waals surface area contributed by atoms with E-state index in [0.29, 0.717) is 51.3 Å². The Hall–Kier alpha value is -4.76. The van der Waals surface area contributed by atoms with E-state index < -0.39 is 17.6 Å². The SMILES string of the molecule is C[C@H]1C[C@@H]1Nc1cc(-c2cc(C#N)ccc2-c2nncn2C)cc(N2Cc3c(cc(CNCC4CC4)cc3C(F)(F)F)C2=O)n1. The molecule has 4 aromatic rings. The van der Waals surface area contributed by atoms with Crippen LogP contribution in [0.1, 0.15) is 58.8 Å². The molecule has 2 fully saturated rings. The van der Waals surface area contributed by atoms with Crippen molar-refractivity contribution in [3.8, 4) is 28.6 Å². The number of anilines is 2. The number of rotatable bonds is 9. The van der Waals surface area contributed by atoms with Gasteiger partial charge in [-0.1, -0.05) is 6.92 Å². The molecular formula is C33H31F3N8O. The molecule has 0 bridgehead atoms. The van der Waals surface area contributed by atoms with E-state index in [4.69, 9.17) is 4.98 Å². The number of pyridine rings is 1. The largest absolute Gasteiger partial charge is 0.416 e. The van der Waals surface area contributed by atoms with Gasteiger partial charge in [-0.2, -0.15) is 18.4 Å². The van der Waals surface area contributed by atoms with Gasteiger partial charge in [0.25, 0.3) is 5.91 Å². The molecule has 9 nitrogen and oxygen atoms in total. The van der Waals surface area contributed by atoms with E-state index in [1.165, 1.54) is 4.90 Å². The number of amides is 1. The quantitative estimate of drug-likeness (QED) is 0.242. The third-order valence-electron chi connectivity index (χ3n) is 8.81. The third kappa shape index (κ3) is 5.76. The van der Waals surface area contributed by atoms with Crippen LogP contribution in [-0.2, 0) is 26.3 Å². The number of aromatic nitrogens is 4. The molecule has 7 rings (SSSR count). The number of carbonyl (C=O) groups excluding carboxylic acids is 1.